The molecule has 18 heavy (non-hydrogen) atoms. The first-order valence-corrected chi connectivity index (χ1v) is 6.59. The van der Waals surface area contributed by atoms with Crippen LogP contribution in [-0.2, 0) is 0 Å². The predicted octanol–water partition coefficient (Wildman–Crippen LogP) is 2.28. The third-order valence-electron chi connectivity index (χ3n) is 2.41. The van der Waals surface area contributed by atoms with Crippen LogP contribution in [-0.4, -0.2) is 33.4 Å². The smallest absolute Gasteiger partial charge is 0.270 e. The minimum absolute atomic E-state index is 0.0748. The largest absolute Gasteiger partial charge is 0.396 e. The van der Waals surface area contributed by atoms with Crippen LogP contribution >= 0.6 is 11.8 Å². The molecule has 0 bridgehead atoms. The molecule has 1 unspecified atom stereocenters. The summed E-state index contributed by atoms with van der Waals surface area (Å²) in [4.78, 5) is 21.9. The topological polar surface area (TPSA) is 80.4 Å². The molecule has 0 saturated carbocycles. The zero-order valence-corrected chi connectivity index (χ0v) is 10.9. The number of benzene rings is 1. The lowest BCUT2D eigenvalue weighted by atomic mass is 10.1. The first kappa shape index (κ1) is 14.7. The Balaban J connectivity index is 2.61. The molecule has 5 nitrogen and oxygen atoms in total. The van der Waals surface area contributed by atoms with Gasteiger partial charge in [0.1, 0.15) is 0 Å². The van der Waals surface area contributed by atoms with Crippen LogP contribution in [0, 0.1) is 10.1 Å². The highest BCUT2D eigenvalue weighted by molar-refractivity contribution is 8.00. The number of hydrogen-bond donors (Lipinski definition) is 1. The summed E-state index contributed by atoms with van der Waals surface area (Å²) in [5.74, 6) is 0.135. The maximum Gasteiger partial charge on any atom is 0.270 e. The molecule has 0 aromatic heterocycles. The average molecular weight is 269 g/mol. The molecule has 1 aromatic rings. The van der Waals surface area contributed by atoms with E-state index in [0.29, 0.717) is 12.0 Å². The second-order valence-electron chi connectivity index (χ2n) is 3.86. The Morgan fingerprint density at radius 1 is 1.56 bits per heavy atom. The van der Waals surface area contributed by atoms with Gasteiger partial charge in [0.05, 0.1) is 10.7 Å². The van der Waals surface area contributed by atoms with Crippen LogP contribution in [0.4, 0.5) is 5.69 Å². The lowest BCUT2D eigenvalue weighted by Crippen LogP contribution is -2.08. The van der Waals surface area contributed by atoms with Gasteiger partial charge in [-0.2, -0.15) is 11.8 Å². The van der Waals surface area contributed by atoms with Crippen LogP contribution < -0.4 is 0 Å². The molecule has 0 radical (unpaired) electrons. The van der Waals surface area contributed by atoms with Gasteiger partial charge in [-0.15, -0.1) is 0 Å². The van der Waals surface area contributed by atoms with Gasteiger partial charge in [-0.05, 0) is 6.42 Å². The Hall–Kier alpha value is -1.40. The van der Waals surface area contributed by atoms with Gasteiger partial charge in [-0.1, -0.05) is 19.1 Å². The number of Topliss-reactive ketones (excluding diaryl/α,β-unsaturated/α-hetero) is 1. The van der Waals surface area contributed by atoms with Gasteiger partial charge in [0.25, 0.3) is 5.69 Å². The van der Waals surface area contributed by atoms with E-state index in [9.17, 15) is 14.9 Å². The van der Waals surface area contributed by atoms with Crippen molar-refractivity contribution in [3.8, 4) is 0 Å². The lowest BCUT2D eigenvalue weighted by molar-refractivity contribution is -0.384. The van der Waals surface area contributed by atoms with E-state index in [4.69, 9.17) is 5.11 Å². The molecule has 0 fully saturated rings. The number of nitro benzene ring substituents is 1. The normalized spacial score (nSPS) is 12.1. The fraction of sp³-hybridized carbons (Fsp3) is 0.417. The Morgan fingerprint density at radius 3 is 2.89 bits per heavy atom. The molecule has 0 aliphatic carbocycles. The molecule has 0 saturated heterocycles. The number of non-ortho nitro benzene ring substituents is 1. The number of aliphatic hydroxyl groups is 1. The van der Waals surface area contributed by atoms with E-state index in [1.54, 1.807) is 6.07 Å². The molecule has 6 heteroatoms. The third-order valence-corrected chi connectivity index (χ3v) is 3.65. The molecule has 98 valence electrons. The van der Waals surface area contributed by atoms with Crippen LogP contribution in [0.3, 0.4) is 0 Å². The monoisotopic (exact) mass is 269 g/mol. The number of hydrogen-bond acceptors (Lipinski definition) is 5. The number of carbonyl (C=O) groups excluding carboxylic acids is 1. The van der Waals surface area contributed by atoms with Gasteiger partial charge in [0, 0.05) is 29.6 Å². The van der Waals surface area contributed by atoms with Crippen molar-refractivity contribution in [3.05, 3.63) is 39.9 Å². The number of carbonyl (C=O) groups is 1. The Bertz CT molecular complexity index is 436. The van der Waals surface area contributed by atoms with Crippen molar-refractivity contribution in [2.24, 2.45) is 0 Å². The minimum Gasteiger partial charge on any atom is -0.396 e. The van der Waals surface area contributed by atoms with Crippen molar-refractivity contribution in [1.29, 1.82) is 0 Å². The average Bonchev–Trinajstić information content (AvgIpc) is 2.36. The van der Waals surface area contributed by atoms with E-state index < -0.39 is 4.92 Å². The Kier molecular flexibility index (Phi) is 5.80. The minimum atomic E-state index is -0.516. The molecular formula is C12H15NO4S. The first-order valence-electron chi connectivity index (χ1n) is 5.54. The molecule has 0 aliphatic heterocycles. The summed E-state index contributed by atoms with van der Waals surface area (Å²) in [6.45, 7) is 2.03. The van der Waals surface area contributed by atoms with Crippen LogP contribution in [0.1, 0.15) is 23.7 Å². The molecular weight excluding hydrogens is 254 g/mol. The Labute approximate surface area is 109 Å². The predicted molar refractivity (Wildman–Crippen MR) is 71.0 cm³/mol. The summed E-state index contributed by atoms with van der Waals surface area (Å²) < 4.78 is 0. The van der Waals surface area contributed by atoms with Gasteiger partial charge in [-0.3, -0.25) is 14.9 Å². The van der Waals surface area contributed by atoms with E-state index in [1.165, 1.54) is 30.0 Å². The highest BCUT2D eigenvalue weighted by Gasteiger charge is 2.12. The van der Waals surface area contributed by atoms with E-state index in [-0.39, 0.29) is 29.1 Å². The maximum atomic E-state index is 11.8. The van der Waals surface area contributed by atoms with Crippen LogP contribution in [0.5, 0.6) is 0 Å². The molecule has 1 N–H and O–H groups in total. The summed E-state index contributed by atoms with van der Waals surface area (Å²) in [5.41, 5.74) is 0.280. The van der Waals surface area contributed by atoms with Gasteiger partial charge in [-0.25, -0.2) is 0 Å². The van der Waals surface area contributed by atoms with Crippen molar-refractivity contribution in [2.75, 3.05) is 12.4 Å². The van der Waals surface area contributed by atoms with Crippen LogP contribution in [0.25, 0.3) is 0 Å². The molecule has 0 amide bonds. The van der Waals surface area contributed by atoms with Crippen molar-refractivity contribution >= 4 is 23.2 Å². The number of aliphatic hydroxyl groups excluding tert-OH is 1. The maximum absolute atomic E-state index is 11.8. The lowest BCUT2D eigenvalue weighted by Gasteiger charge is -2.08. The number of thioether (sulfide) groups is 1. The fourth-order valence-electron chi connectivity index (χ4n) is 1.36. The van der Waals surface area contributed by atoms with Crippen LogP contribution in [0.15, 0.2) is 24.3 Å². The van der Waals surface area contributed by atoms with Crippen molar-refractivity contribution in [3.63, 3.8) is 0 Å². The highest BCUT2D eigenvalue weighted by Crippen LogP contribution is 2.18. The molecule has 0 spiro atoms. The standard InChI is InChI=1S/C12H15NO4S/c1-9(5-6-14)18-8-12(15)10-3-2-4-11(7-10)13(16)17/h2-4,7,9,14H,5-6,8H2,1H3. The van der Waals surface area contributed by atoms with E-state index in [1.807, 2.05) is 6.92 Å². The summed E-state index contributed by atoms with van der Waals surface area (Å²) in [7, 11) is 0. The SMILES string of the molecule is CC(CCO)SCC(=O)c1cccc([N+](=O)[O-])c1. The second-order valence-corrected chi connectivity index (χ2v) is 5.29. The van der Waals surface area contributed by atoms with E-state index in [2.05, 4.69) is 0 Å². The van der Waals surface area contributed by atoms with Gasteiger partial charge < -0.3 is 5.11 Å². The summed E-state index contributed by atoms with van der Waals surface area (Å²) in [5, 5.41) is 19.5. The van der Waals surface area contributed by atoms with Crippen molar-refractivity contribution in [2.45, 2.75) is 18.6 Å². The first-order chi connectivity index (χ1) is 8.54. The van der Waals surface area contributed by atoms with E-state index in [0.717, 1.165) is 0 Å². The Morgan fingerprint density at radius 2 is 2.28 bits per heavy atom. The molecule has 0 heterocycles. The zero-order chi connectivity index (χ0) is 13.5. The summed E-state index contributed by atoms with van der Waals surface area (Å²) >= 11 is 1.44. The summed E-state index contributed by atoms with van der Waals surface area (Å²) in [6.07, 6.45) is 0.632. The highest BCUT2D eigenvalue weighted by atomic mass is 32.2. The molecule has 1 rings (SSSR count). The number of ketones is 1. The number of nitro groups is 1. The van der Waals surface area contributed by atoms with Gasteiger partial charge >= 0.3 is 0 Å². The van der Waals surface area contributed by atoms with Crippen molar-refractivity contribution in [1.82, 2.24) is 0 Å². The zero-order valence-electron chi connectivity index (χ0n) is 10.0. The quantitative estimate of drug-likeness (QED) is 0.466. The fourth-order valence-corrected chi connectivity index (χ4v) is 2.23. The van der Waals surface area contributed by atoms with Crippen molar-refractivity contribution < 1.29 is 14.8 Å². The number of rotatable bonds is 7. The second kappa shape index (κ2) is 7.13. The molecule has 1 aromatic carbocycles. The number of nitrogens with zero attached hydrogens (tertiary/aromatic N) is 1. The third kappa shape index (κ3) is 4.46. The van der Waals surface area contributed by atoms with Crippen LogP contribution in [0.2, 0.25) is 0 Å². The summed E-state index contributed by atoms with van der Waals surface area (Å²) in [6, 6.07) is 5.73. The van der Waals surface area contributed by atoms with Gasteiger partial charge in [0.15, 0.2) is 5.78 Å². The molecule has 1 atom stereocenters. The van der Waals surface area contributed by atoms with E-state index >= 15 is 0 Å². The molecule has 0 aliphatic rings. The van der Waals surface area contributed by atoms with Gasteiger partial charge in [0.2, 0.25) is 0 Å².